The Morgan fingerprint density at radius 2 is 2.00 bits per heavy atom. The summed E-state index contributed by atoms with van der Waals surface area (Å²) in [6.45, 7) is 1.81. The molecule has 0 saturated carbocycles. The summed E-state index contributed by atoms with van der Waals surface area (Å²) in [6.07, 6.45) is -4.40. The molecule has 5 nitrogen and oxygen atoms in total. The first kappa shape index (κ1) is 18.4. The lowest BCUT2D eigenvalue weighted by atomic mass is 10.2. The molecule has 0 heterocycles. The maximum absolute atomic E-state index is 12.6. The number of ether oxygens (including phenoxy) is 1. The number of hydrogen-bond donors (Lipinski definition) is 1. The molecule has 1 rings (SSSR count). The number of alkyl halides is 3. The van der Waals surface area contributed by atoms with E-state index in [9.17, 15) is 26.4 Å². The van der Waals surface area contributed by atoms with Gasteiger partial charge in [-0.15, -0.1) is 0 Å². The smallest absolute Gasteiger partial charge is 0.416 e. The van der Waals surface area contributed by atoms with Crippen LogP contribution in [-0.4, -0.2) is 27.5 Å². The maximum atomic E-state index is 12.6. The first-order chi connectivity index (χ1) is 10.2. The number of sulfonamides is 1. The van der Waals surface area contributed by atoms with Crippen LogP contribution in [-0.2, 0) is 25.7 Å². The first-order valence-corrected chi connectivity index (χ1v) is 7.97. The van der Waals surface area contributed by atoms with E-state index in [0.29, 0.717) is 6.07 Å². The zero-order chi connectivity index (χ0) is 16.8. The van der Waals surface area contributed by atoms with E-state index in [1.165, 1.54) is 0 Å². The standard InChI is InChI=1S/C13H16F3NO4S/c1-2-21-12(18)7-4-8-17-22(19,20)11-6-3-5-10(9-11)13(14,15)16/h3,5-6,9,17H,2,4,7-8H2,1H3. The van der Waals surface area contributed by atoms with Gasteiger partial charge in [0, 0.05) is 13.0 Å². The second-order valence-electron chi connectivity index (χ2n) is 4.33. The van der Waals surface area contributed by atoms with E-state index in [4.69, 9.17) is 0 Å². The number of rotatable bonds is 7. The number of carbonyl (C=O) groups excluding carboxylic acids is 1. The number of carbonyl (C=O) groups is 1. The van der Waals surface area contributed by atoms with Crippen LogP contribution >= 0.6 is 0 Å². The number of nitrogens with one attached hydrogen (secondary N) is 1. The Labute approximate surface area is 126 Å². The molecule has 1 N–H and O–H groups in total. The highest BCUT2D eigenvalue weighted by Gasteiger charge is 2.31. The molecule has 0 amide bonds. The third-order valence-corrected chi connectivity index (χ3v) is 4.09. The Morgan fingerprint density at radius 3 is 2.59 bits per heavy atom. The molecule has 0 aromatic heterocycles. The highest BCUT2D eigenvalue weighted by molar-refractivity contribution is 7.89. The summed E-state index contributed by atoms with van der Waals surface area (Å²) in [5, 5.41) is 0. The summed E-state index contributed by atoms with van der Waals surface area (Å²) in [5.74, 6) is -0.458. The monoisotopic (exact) mass is 339 g/mol. The van der Waals surface area contributed by atoms with Crippen molar-refractivity contribution in [3.05, 3.63) is 29.8 Å². The molecule has 0 atom stereocenters. The van der Waals surface area contributed by atoms with Gasteiger partial charge in [-0.3, -0.25) is 4.79 Å². The summed E-state index contributed by atoms with van der Waals surface area (Å²) < 4.78 is 68.3. The van der Waals surface area contributed by atoms with Gasteiger partial charge in [-0.05, 0) is 31.5 Å². The van der Waals surface area contributed by atoms with Gasteiger partial charge in [0.25, 0.3) is 0 Å². The van der Waals surface area contributed by atoms with E-state index in [1.807, 2.05) is 0 Å². The normalized spacial score (nSPS) is 12.2. The Morgan fingerprint density at radius 1 is 1.32 bits per heavy atom. The van der Waals surface area contributed by atoms with Gasteiger partial charge in [-0.2, -0.15) is 13.2 Å². The summed E-state index contributed by atoms with van der Waals surface area (Å²) in [6, 6.07) is 3.45. The first-order valence-electron chi connectivity index (χ1n) is 6.49. The van der Waals surface area contributed by atoms with Gasteiger partial charge in [0.2, 0.25) is 10.0 Å². The quantitative estimate of drug-likeness (QED) is 0.611. The van der Waals surface area contributed by atoms with Crippen molar-refractivity contribution >= 4 is 16.0 Å². The van der Waals surface area contributed by atoms with Crippen LogP contribution in [0.25, 0.3) is 0 Å². The lowest BCUT2D eigenvalue weighted by Gasteiger charge is -2.10. The highest BCUT2D eigenvalue weighted by atomic mass is 32.2. The van der Waals surface area contributed by atoms with E-state index in [-0.39, 0.29) is 26.0 Å². The van der Waals surface area contributed by atoms with Crippen molar-refractivity contribution in [2.45, 2.75) is 30.8 Å². The average Bonchev–Trinajstić information content (AvgIpc) is 2.43. The minimum Gasteiger partial charge on any atom is -0.466 e. The molecular formula is C13H16F3NO4S. The van der Waals surface area contributed by atoms with Crippen LogP contribution < -0.4 is 4.72 Å². The van der Waals surface area contributed by atoms with Gasteiger partial charge < -0.3 is 4.74 Å². The average molecular weight is 339 g/mol. The van der Waals surface area contributed by atoms with Gasteiger partial charge in [0.15, 0.2) is 0 Å². The fourth-order valence-electron chi connectivity index (χ4n) is 1.60. The molecule has 0 unspecified atom stereocenters. The van der Waals surface area contributed by atoms with Crippen LogP contribution in [0.5, 0.6) is 0 Å². The van der Waals surface area contributed by atoms with Crippen molar-refractivity contribution in [1.29, 1.82) is 0 Å². The summed E-state index contributed by atoms with van der Waals surface area (Å²) in [5.41, 5.74) is -1.04. The summed E-state index contributed by atoms with van der Waals surface area (Å²) in [4.78, 5) is 10.6. The number of halogens is 3. The van der Waals surface area contributed by atoms with Crippen LogP contribution in [0.1, 0.15) is 25.3 Å². The topological polar surface area (TPSA) is 72.5 Å². The van der Waals surface area contributed by atoms with Crippen molar-refractivity contribution in [1.82, 2.24) is 4.72 Å². The van der Waals surface area contributed by atoms with Gasteiger partial charge in [-0.1, -0.05) is 6.07 Å². The third-order valence-electron chi connectivity index (χ3n) is 2.63. The van der Waals surface area contributed by atoms with Crippen LogP contribution in [0.15, 0.2) is 29.2 Å². The van der Waals surface area contributed by atoms with Crippen molar-refractivity contribution < 1.29 is 31.1 Å². The van der Waals surface area contributed by atoms with Gasteiger partial charge in [0.05, 0.1) is 17.1 Å². The third kappa shape index (κ3) is 5.64. The zero-order valence-corrected chi connectivity index (χ0v) is 12.6. The fraction of sp³-hybridized carbons (Fsp3) is 0.462. The molecule has 0 bridgehead atoms. The van der Waals surface area contributed by atoms with E-state index in [2.05, 4.69) is 9.46 Å². The molecule has 0 aliphatic rings. The lowest BCUT2D eigenvalue weighted by molar-refractivity contribution is -0.143. The molecule has 124 valence electrons. The summed E-state index contributed by atoms with van der Waals surface area (Å²) >= 11 is 0. The molecule has 22 heavy (non-hydrogen) atoms. The Kier molecular flexibility index (Phi) is 6.36. The predicted octanol–water partition coefficient (Wildman–Crippen LogP) is 2.33. The molecule has 0 fully saturated rings. The minimum atomic E-state index is -4.62. The molecule has 9 heteroatoms. The molecule has 0 radical (unpaired) electrons. The van der Waals surface area contributed by atoms with E-state index in [1.54, 1.807) is 6.92 Å². The van der Waals surface area contributed by atoms with Crippen molar-refractivity contribution in [2.75, 3.05) is 13.2 Å². The molecule has 0 saturated heterocycles. The van der Waals surface area contributed by atoms with Crippen molar-refractivity contribution in [3.8, 4) is 0 Å². The van der Waals surface area contributed by atoms with Crippen LogP contribution in [0.4, 0.5) is 13.2 Å². The molecule has 0 spiro atoms. The van der Waals surface area contributed by atoms with Crippen LogP contribution in [0.2, 0.25) is 0 Å². The van der Waals surface area contributed by atoms with E-state index < -0.39 is 32.6 Å². The van der Waals surface area contributed by atoms with Gasteiger partial charge in [0.1, 0.15) is 0 Å². The van der Waals surface area contributed by atoms with Crippen LogP contribution in [0, 0.1) is 0 Å². The van der Waals surface area contributed by atoms with Crippen LogP contribution in [0.3, 0.4) is 0 Å². The SMILES string of the molecule is CCOC(=O)CCCNS(=O)(=O)c1cccc(C(F)(F)F)c1. The Hall–Kier alpha value is -1.61. The highest BCUT2D eigenvalue weighted by Crippen LogP contribution is 2.30. The van der Waals surface area contributed by atoms with Gasteiger partial charge in [-0.25, -0.2) is 13.1 Å². The molecular weight excluding hydrogens is 323 g/mol. The Bertz CT molecular complexity index is 614. The molecule has 1 aromatic rings. The molecule has 1 aromatic carbocycles. The second kappa shape index (κ2) is 7.59. The van der Waals surface area contributed by atoms with Gasteiger partial charge >= 0.3 is 12.1 Å². The minimum absolute atomic E-state index is 0.0267. The number of hydrogen-bond acceptors (Lipinski definition) is 4. The Balaban J connectivity index is 2.65. The molecule has 0 aliphatic carbocycles. The van der Waals surface area contributed by atoms with Crippen molar-refractivity contribution in [2.24, 2.45) is 0 Å². The maximum Gasteiger partial charge on any atom is 0.416 e. The molecule has 0 aliphatic heterocycles. The van der Waals surface area contributed by atoms with E-state index in [0.717, 1.165) is 18.2 Å². The van der Waals surface area contributed by atoms with E-state index >= 15 is 0 Å². The predicted molar refractivity (Wildman–Crippen MR) is 72.5 cm³/mol. The number of esters is 1. The zero-order valence-electron chi connectivity index (χ0n) is 11.8. The number of benzene rings is 1. The summed E-state index contributed by atoms with van der Waals surface area (Å²) in [7, 11) is -4.06. The second-order valence-corrected chi connectivity index (χ2v) is 6.10. The van der Waals surface area contributed by atoms with Crippen molar-refractivity contribution in [3.63, 3.8) is 0 Å². The fourth-order valence-corrected chi connectivity index (χ4v) is 2.71. The largest absolute Gasteiger partial charge is 0.466 e. The lowest BCUT2D eigenvalue weighted by Crippen LogP contribution is -2.25.